The maximum atomic E-state index is 12.3. The fourth-order valence-corrected chi connectivity index (χ4v) is 8.91. The van der Waals surface area contributed by atoms with Crippen LogP contribution < -0.4 is 15.1 Å². The highest BCUT2D eigenvalue weighted by atomic mass is 32.1. The molecule has 0 saturated carbocycles. The van der Waals surface area contributed by atoms with E-state index in [0.29, 0.717) is 30.7 Å². The Balaban J connectivity index is 0.864. The van der Waals surface area contributed by atoms with E-state index in [2.05, 4.69) is 65.7 Å². The van der Waals surface area contributed by atoms with Crippen LogP contribution in [0.25, 0.3) is 27.5 Å². The van der Waals surface area contributed by atoms with Crippen LogP contribution in [0.1, 0.15) is 61.6 Å². The van der Waals surface area contributed by atoms with Crippen LogP contribution in [0.2, 0.25) is 0 Å². The van der Waals surface area contributed by atoms with Gasteiger partial charge in [0.2, 0.25) is 16.9 Å². The van der Waals surface area contributed by atoms with Crippen LogP contribution in [0.3, 0.4) is 0 Å². The third kappa shape index (κ3) is 7.93. The topological polar surface area (TPSA) is 159 Å². The molecule has 3 aliphatic heterocycles. The van der Waals surface area contributed by atoms with Gasteiger partial charge >= 0.3 is 0 Å². The number of nitriles is 2. The largest absolute Gasteiger partial charge is 0.372 e. The van der Waals surface area contributed by atoms with E-state index in [9.17, 15) is 20.1 Å². The number of rotatable bonds is 10. The first-order valence-electron chi connectivity index (χ1n) is 19.1. The van der Waals surface area contributed by atoms with Crippen molar-refractivity contribution in [2.75, 3.05) is 55.6 Å². The number of aryl methyl sites for hydroxylation is 1. The van der Waals surface area contributed by atoms with Crippen molar-refractivity contribution in [1.82, 2.24) is 35.0 Å². The second-order valence-corrected chi connectivity index (χ2v) is 15.9. The number of benzene rings is 1. The first-order valence-corrected chi connectivity index (χ1v) is 19.9. The number of pyridine rings is 1. The first-order chi connectivity index (χ1) is 26.8. The fourth-order valence-electron chi connectivity index (χ4n) is 7.97. The predicted molar refractivity (Wildman–Crippen MR) is 210 cm³/mol. The summed E-state index contributed by atoms with van der Waals surface area (Å²) in [4.78, 5) is 36.0. The van der Waals surface area contributed by atoms with Crippen LogP contribution in [-0.4, -0.2) is 87.3 Å². The van der Waals surface area contributed by atoms with Gasteiger partial charge in [-0.25, -0.2) is 4.52 Å². The molecule has 0 bridgehead atoms. The summed E-state index contributed by atoms with van der Waals surface area (Å²) in [7, 11) is 0. The number of hydrogen-bond donors (Lipinski definition) is 1. The van der Waals surface area contributed by atoms with Crippen molar-refractivity contribution in [2.45, 2.75) is 51.4 Å². The van der Waals surface area contributed by atoms with Gasteiger partial charge in [0.25, 0.3) is 0 Å². The highest BCUT2D eigenvalue weighted by Crippen LogP contribution is 2.35. The van der Waals surface area contributed by atoms with Crippen LogP contribution in [0, 0.1) is 34.5 Å². The lowest BCUT2D eigenvalue weighted by molar-refractivity contribution is -0.134. The van der Waals surface area contributed by atoms with E-state index in [0.717, 1.165) is 109 Å². The maximum Gasteiger partial charge on any atom is 0.234 e. The summed E-state index contributed by atoms with van der Waals surface area (Å²) in [5.74, 6) is -0.0397. The molecule has 3 aliphatic rings. The molecule has 13 nitrogen and oxygen atoms in total. The fraction of sp³-hybridized carbons (Fsp3) is 0.415. The van der Waals surface area contributed by atoms with Crippen molar-refractivity contribution < 1.29 is 9.59 Å². The molecule has 1 aromatic carbocycles. The Morgan fingerprint density at radius 3 is 2.47 bits per heavy atom. The summed E-state index contributed by atoms with van der Waals surface area (Å²) in [6, 6.07) is 20.6. The summed E-state index contributed by atoms with van der Waals surface area (Å²) < 4.78 is 1.80. The van der Waals surface area contributed by atoms with Gasteiger partial charge in [-0.3, -0.25) is 24.8 Å². The number of nitrogens with one attached hydrogen (secondary N) is 1. The molecule has 0 spiro atoms. The number of piperidine rings is 2. The number of nitrogens with zero attached hydrogens (tertiary/aromatic N) is 10. The van der Waals surface area contributed by atoms with Crippen LogP contribution in [0.5, 0.6) is 0 Å². The molecule has 0 radical (unpaired) electrons. The van der Waals surface area contributed by atoms with Gasteiger partial charge in [0.15, 0.2) is 5.01 Å². The molecule has 2 amide bonds. The maximum absolute atomic E-state index is 12.3. The normalized spacial score (nSPS) is 18.9. The van der Waals surface area contributed by atoms with E-state index >= 15 is 0 Å². The monoisotopic (exact) mass is 753 g/mol. The number of anilines is 2. The van der Waals surface area contributed by atoms with Gasteiger partial charge in [0.05, 0.1) is 40.7 Å². The second kappa shape index (κ2) is 16.0. The molecule has 8 rings (SSSR count). The van der Waals surface area contributed by atoms with Gasteiger partial charge in [-0.1, -0.05) is 23.5 Å². The zero-order chi connectivity index (χ0) is 37.9. The van der Waals surface area contributed by atoms with Gasteiger partial charge in [-0.05, 0) is 92.5 Å². The quantitative estimate of drug-likeness (QED) is 0.181. The Morgan fingerprint density at radius 2 is 1.73 bits per heavy atom. The lowest BCUT2D eigenvalue weighted by atomic mass is 9.90. The third-order valence-electron chi connectivity index (χ3n) is 11.3. The average molecular weight is 754 g/mol. The van der Waals surface area contributed by atoms with Crippen LogP contribution in [-0.2, 0) is 16.0 Å². The van der Waals surface area contributed by atoms with Gasteiger partial charge < -0.3 is 9.80 Å². The lowest BCUT2D eigenvalue weighted by Gasteiger charge is -2.39. The molecular formula is C41H43N11O2S. The molecule has 7 heterocycles. The highest BCUT2D eigenvalue weighted by Gasteiger charge is 2.29. The van der Waals surface area contributed by atoms with Gasteiger partial charge in [0.1, 0.15) is 6.07 Å². The number of piperazine rings is 1. The highest BCUT2D eigenvalue weighted by molar-refractivity contribution is 7.18. The third-order valence-corrected chi connectivity index (χ3v) is 12.3. The first kappa shape index (κ1) is 36.3. The Kier molecular flexibility index (Phi) is 10.5. The number of carbonyl (C=O) groups excluding carboxylic acids is 2. The number of amides is 2. The second-order valence-electron chi connectivity index (χ2n) is 14.9. The number of hydrogen-bond acceptors (Lipinski definition) is 12. The minimum Gasteiger partial charge on any atom is -0.372 e. The zero-order valence-electron chi connectivity index (χ0n) is 30.9. The van der Waals surface area contributed by atoms with Crippen LogP contribution in [0.4, 0.5) is 10.8 Å². The SMILES string of the molecule is C[C@H](C#N)CCc1cc(-c2ccc3cc(C#N)cnn23)ncc1-c1nnc(N2CCN(CC3CCN(c4ccc([C@H]5CCC(=O)NC5=O)cc4)CC3)CC2)s1. The van der Waals surface area contributed by atoms with E-state index in [1.54, 1.807) is 22.0 Å². The molecule has 3 fully saturated rings. The van der Waals surface area contributed by atoms with Crippen molar-refractivity contribution in [3.05, 3.63) is 77.6 Å². The predicted octanol–water partition coefficient (Wildman–Crippen LogP) is 5.44. The summed E-state index contributed by atoms with van der Waals surface area (Å²) in [6.45, 7) is 8.86. The number of carbonyl (C=O) groups is 2. The Bertz CT molecular complexity index is 2270. The standard InChI is InChI=1S/C41H43N11O2S/c1-27(22-42)2-3-31-21-36(37-10-8-33-20-29(23-43)24-45-52(33)37)44-25-35(31)40-47-48-41(55-40)51-18-16-49(17-19-51)26-28-12-14-50(15-13-28)32-6-4-30(5-7-32)34-9-11-38(53)46-39(34)54/h4-8,10,20-21,24-25,27-28,34H,2-3,9,11-19,26H2,1H3,(H,46,53,54)/t27-,34+/m0/s1. The molecule has 0 aliphatic carbocycles. The van der Waals surface area contributed by atoms with Crippen molar-refractivity contribution in [3.8, 4) is 34.1 Å². The summed E-state index contributed by atoms with van der Waals surface area (Å²) in [5.41, 5.74) is 7.11. The van der Waals surface area contributed by atoms with E-state index in [1.807, 2.05) is 43.5 Å². The van der Waals surface area contributed by atoms with E-state index in [1.165, 1.54) is 5.69 Å². The number of imide groups is 1. The van der Waals surface area contributed by atoms with Crippen LogP contribution in [0.15, 0.2) is 60.9 Å². The van der Waals surface area contributed by atoms with E-state index in [-0.39, 0.29) is 23.7 Å². The molecular weight excluding hydrogens is 711 g/mol. The molecule has 14 heteroatoms. The summed E-state index contributed by atoms with van der Waals surface area (Å²) >= 11 is 1.59. The van der Waals surface area contributed by atoms with Gasteiger partial charge in [-0.2, -0.15) is 15.6 Å². The molecule has 280 valence electrons. The number of aromatic nitrogens is 5. The molecule has 2 atom stereocenters. The molecule has 3 saturated heterocycles. The van der Waals surface area contributed by atoms with Crippen molar-refractivity contribution >= 4 is 39.5 Å². The van der Waals surface area contributed by atoms with Gasteiger partial charge in [0, 0.05) is 75.6 Å². The smallest absolute Gasteiger partial charge is 0.234 e. The minimum atomic E-state index is -0.248. The van der Waals surface area contributed by atoms with Crippen molar-refractivity contribution in [3.63, 3.8) is 0 Å². The molecule has 4 aromatic heterocycles. The zero-order valence-corrected chi connectivity index (χ0v) is 31.7. The molecule has 0 unspecified atom stereocenters. The van der Waals surface area contributed by atoms with Gasteiger partial charge in [-0.15, -0.1) is 10.2 Å². The van der Waals surface area contributed by atoms with Crippen LogP contribution >= 0.6 is 11.3 Å². The Morgan fingerprint density at radius 1 is 0.927 bits per heavy atom. The Hall–Kier alpha value is -5.70. The molecule has 55 heavy (non-hydrogen) atoms. The van der Waals surface area contributed by atoms with Crippen molar-refractivity contribution in [1.29, 1.82) is 10.5 Å². The van der Waals surface area contributed by atoms with E-state index < -0.39 is 0 Å². The minimum absolute atomic E-state index is 0.0793. The average Bonchev–Trinajstić information content (AvgIpc) is 3.88. The van der Waals surface area contributed by atoms with Crippen molar-refractivity contribution in [2.24, 2.45) is 11.8 Å². The summed E-state index contributed by atoms with van der Waals surface area (Å²) in [5, 5.41) is 36.7. The molecule has 1 N–H and O–H groups in total. The lowest BCUT2D eigenvalue weighted by Crippen LogP contribution is -2.49. The Labute approximate surface area is 324 Å². The summed E-state index contributed by atoms with van der Waals surface area (Å²) in [6.07, 6.45) is 8.12. The molecule has 5 aromatic rings. The van der Waals surface area contributed by atoms with E-state index in [4.69, 9.17) is 4.98 Å². The number of fused-ring (bicyclic) bond motifs is 1.